The lowest BCUT2D eigenvalue weighted by Gasteiger charge is -2.24. The largest absolute Gasteiger partial charge is 0.497 e. The van der Waals surface area contributed by atoms with Gasteiger partial charge in [-0.1, -0.05) is 30.8 Å². The van der Waals surface area contributed by atoms with Crippen LogP contribution in [0.15, 0.2) is 34.2 Å². The summed E-state index contributed by atoms with van der Waals surface area (Å²) in [6.45, 7) is 1.98. The van der Waals surface area contributed by atoms with Crippen LogP contribution < -0.4 is 15.6 Å². The van der Waals surface area contributed by atoms with Gasteiger partial charge in [-0.15, -0.1) is 0 Å². The molecule has 2 N–H and O–H groups in total. The molecule has 0 bridgehead atoms. The van der Waals surface area contributed by atoms with E-state index in [0.29, 0.717) is 16.5 Å². The molecule has 2 heterocycles. The van der Waals surface area contributed by atoms with Crippen LogP contribution in [0, 0.1) is 0 Å². The molecule has 1 atom stereocenters. The van der Waals surface area contributed by atoms with Crippen molar-refractivity contribution < 1.29 is 9.53 Å². The Bertz CT molecular complexity index is 786. The molecule has 1 aliphatic heterocycles. The fourth-order valence-corrected chi connectivity index (χ4v) is 3.27. The summed E-state index contributed by atoms with van der Waals surface area (Å²) >= 11 is 1.43. The van der Waals surface area contributed by atoms with E-state index in [1.807, 2.05) is 31.2 Å². The Morgan fingerprint density at radius 2 is 2.04 bits per heavy atom. The Morgan fingerprint density at radius 3 is 2.70 bits per heavy atom. The number of hydrogen-bond donors (Lipinski definition) is 2. The number of rotatable bonds is 4. The van der Waals surface area contributed by atoms with Crippen LogP contribution in [0.3, 0.4) is 0 Å². The fourth-order valence-electron chi connectivity index (χ4n) is 2.68. The maximum Gasteiger partial charge on any atom is 0.257 e. The summed E-state index contributed by atoms with van der Waals surface area (Å²) in [5.74, 6) is 1.44. The number of amides is 1. The van der Waals surface area contributed by atoms with E-state index in [1.54, 1.807) is 7.11 Å². The van der Waals surface area contributed by atoms with Crippen molar-refractivity contribution in [3.05, 3.63) is 45.7 Å². The van der Waals surface area contributed by atoms with E-state index >= 15 is 0 Å². The Balaban J connectivity index is 2.07. The molecule has 0 spiro atoms. The highest BCUT2D eigenvalue weighted by Crippen LogP contribution is 2.34. The number of aromatic nitrogens is 2. The first-order chi connectivity index (χ1) is 11.1. The van der Waals surface area contributed by atoms with Gasteiger partial charge in [0.15, 0.2) is 5.16 Å². The highest BCUT2D eigenvalue weighted by atomic mass is 32.2. The smallest absolute Gasteiger partial charge is 0.257 e. The molecule has 120 valence electrons. The summed E-state index contributed by atoms with van der Waals surface area (Å²) < 4.78 is 5.15. The van der Waals surface area contributed by atoms with E-state index in [0.717, 1.165) is 17.1 Å². The van der Waals surface area contributed by atoms with Gasteiger partial charge in [0.05, 0.1) is 12.7 Å². The zero-order valence-corrected chi connectivity index (χ0v) is 13.7. The zero-order chi connectivity index (χ0) is 16.4. The molecule has 1 aliphatic rings. The van der Waals surface area contributed by atoms with Crippen LogP contribution in [0.1, 0.15) is 30.4 Å². The van der Waals surface area contributed by atoms with Crippen molar-refractivity contribution >= 4 is 23.5 Å². The second-order valence-corrected chi connectivity index (χ2v) is 6.40. The minimum Gasteiger partial charge on any atom is -0.497 e. The molecule has 0 fully saturated rings. The number of aromatic amines is 1. The van der Waals surface area contributed by atoms with Gasteiger partial charge in [-0.3, -0.25) is 9.59 Å². The number of nitrogens with zero attached hydrogens (tertiary/aromatic N) is 1. The molecule has 0 radical (unpaired) electrons. The van der Waals surface area contributed by atoms with Crippen molar-refractivity contribution in [3.8, 4) is 5.75 Å². The first kappa shape index (κ1) is 15.6. The Morgan fingerprint density at radius 1 is 1.30 bits per heavy atom. The number of hydrogen-bond acceptors (Lipinski definition) is 5. The zero-order valence-electron chi connectivity index (χ0n) is 12.9. The molecular weight excluding hydrogens is 314 g/mol. The third-order valence-electron chi connectivity index (χ3n) is 3.73. The number of nitrogens with one attached hydrogen (secondary N) is 2. The lowest BCUT2D eigenvalue weighted by Crippen LogP contribution is -2.31. The van der Waals surface area contributed by atoms with Gasteiger partial charge in [0.2, 0.25) is 5.91 Å². The summed E-state index contributed by atoms with van der Waals surface area (Å²) in [4.78, 5) is 31.7. The average molecular weight is 331 g/mol. The molecule has 0 saturated carbocycles. The van der Waals surface area contributed by atoms with Crippen LogP contribution in [-0.4, -0.2) is 28.7 Å². The first-order valence-electron chi connectivity index (χ1n) is 7.33. The van der Waals surface area contributed by atoms with Crippen molar-refractivity contribution in [2.75, 3.05) is 18.2 Å². The normalized spacial score (nSPS) is 16.6. The molecule has 1 aromatic heterocycles. The summed E-state index contributed by atoms with van der Waals surface area (Å²) in [6, 6.07) is 7.40. The third kappa shape index (κ3) is 3.10. The van der Waals surface area contributed by atoms with Gasteiger partial charge >= 0.3 is 0 Å². The van der Waals surface area contributed by atoms with Gasteiger partial charge in [0.1, 0.15) is 11.6 Å². The van der Waals surface area contributed by atoms with Gasteiger partial charge in [-0.25, -0.2) is 4.98 Å². The molecule has 1 aromatic carbocycles. The predicted octanol–water partition coefficient (Wildman–Crippen LogP) is 2.36. The molecule has 6 nitrogen and oxygen atoms in total. The number of fused-ring (bicyclic) bond motifs is 1. The number of carbonyl (C=O) groups is 1. The highest BCUT2D eigenvalue weighted by Gasteiger charge is 2.30. The van der Waals surface area contributed by atoms with Crippen molar-refractivity contribution in [1.82, 2.24) is 9.97 Å². The molecule has 7 heteroatoms. The Hall–Kier alpha value is -2.28. The predicted molar refractivity (Wildman–Crippen MR) is 89.3 cm³/mol. The summed E-state index contributed by atoms with van der Waals surface area (Å²) in [6.07, 6.45) is 0.227. The highest BCUT2D eigenvalue weighted by molar-refractivity contribution is 7.99. The van der Waals surface area contributed by atoms with Crippen LogP contribution >= 0.6 is 11.8 Å². The minimum atomic E-state index is -0.304. The fraction of sp³-hybridized carbons (Fsp3) is 0.312. The quantitative estimate of drug-likeness (QED) is 0.664. The number of benzene rings is 1. The lowest BCUT2D eigenvalue weighted by molar-refractivity contribution is -0.116. The maximum atomic E-state index is 12.5. The summed E-state index contributed by atoms with van der Waals surface area (Å²) in [5, 5.41) is 3.23. The second-order valence-electron chi connectivity index (χ2n) is 5.14. The van der Waals surface area contributed by atoms with Crippen molar-refractivity contribution in [3.63, 3.8) is 0 Å². The maximum absolute atomic E-state index is 12.5. The van der Waals surface area contributed by atoms with E-state index in [4.69, 9.17) is 4.74 Å². The monoisotopic (exact) mass is 331 g/mol. The number of thioether (sulfide) groups is 1. The number of H-pyrrole nitrogens is 1. The number of ether oxygens (including phenoxy) is 1. The van der Waals surface area contributed by atoms with Crippen LogP contribution in [0.25, 0.3) is 0 Å². The molecule has 1 amide bonds. The van der Waals surface area contributed by atoms with Gasteiger partial charge in [0, 0.05) is 12.3 Å². The summed E-state index contributed by atoms with van der Waals surface area (Å²) in [7, 11) is 1.60. The molecule has 2 aromatic rings. The molecule has 0 aliphatic carbocycles. The van der Waals surface area contributed by atoms with E-state index < -0.39 is 0 Å². The van der Waals surface area contributed by atoms with E-state index in [1.165, 1.54) is 11.8 Å². The SMILES string of the molecule is CCSc1nc2c(c(=O)[nH]1)[C@@H](c1ccc(OC)cc1)CC(=O)N2. The van der Waals surface area contributed by atoms with Gasteiger partial charge < -0.3 is 15.0 Å². The number of anilines is 1. The van der Waals surface area contributed by atoms with E-state index in [9.17, 15) is 9.59 Å². The third-order valence-corrected chi connectivity index (χ3v) is 4.48. The van der Waals surface area contributed by atoms with E-state index in [-0.39, 0.29) is 23.8 Å². The van der Waals surface area contributed by atoms with Crippen LogP contribution in [0.4, 0.5) is 5.82 Å². The molecule has 23 heavy (non-hydrogen) atoms. The number of methoxy groups -OCH3 is 1. The van der Waals surface area contributed by atoms with Crippen LogP contribution in [-0.2, 0) is 4.79 Å². The average Bonchev–Trinajstić information content (AvgIpc) is 2.54. The van der Waals surface area contributed by atoms with Gasteiger partial charge in [0.25, 0.3) is 5.56 Å². The van der Waals surface area contributed by atoms with Crippen LogP contribution in [0.5, 0.6) is 5.75 Å². The minimum absolute atomic E-state index is 0.135. The van der Waals surface area contributed by atoms with Gasteiger partial charge in [-0.05, 0) is 23.4 Å². The Kier molecular flexibility index (Phi) is 4.38. The molecule has 3 rings (SSSR count). The Labute approximate surface area is 137 Å². The standard InChI is InChI=1S/C16H17N3O3S/c1-3-23-16-18-14-13(15(21)19-16)11(8-12(20)17-14)9-4-6-10(22-2)7-5-9/h4-7,11H,3,8H2,1-2H3,(H2,17,18,19,20,21)/t11-/m1/s1. The summed E-state index contributed by atoms with van der Waals surface area (Å²) in [5.41, 5.74) is 1.20. The second kappa shape index (κ2) is 6.45. The topological polar surface area (TPSA) is 84.1 Å². The van der Waals surface area contributed by atoms with Crippen LogP contribution in [0.2, 0.25) is 0 Å². The van der Waals surface area contributed by atoms with Crippen molar-refractivity contribution in [2.24, 2.45) is 0 Å². The van der Waals surface area contributed by atoms with E-state index in [2.05, 4.69) is 15.3 Å². The molecular formula is C16H17N3O3S. The lowest BCUT2D eigenvalue weighted by atomic mass is 9.87. The molecule has 0 saturated heterocycles. The van der Waals surface area contributed by atoms with Crippen molar-refractivity contribution in [1.29, 1.82) is 0 Å². The first-order valence-corrected chi connectivity index (χ1v) is 8.31. The number of carbonyl (C=O) groups excluding carboxylic acids is 1. The molecule has 0 unspecified atom stereocenters. The van der Waals surface area contributed by atoms with Gasteiger partial charge in [-0.2, -0.15) is 0 Å². The van der Waals surface area contributed by atoms with Crippen molar-refractivity contribution in [2.45, 2.75) is 24.4 Å².